The van der Waals surface area contributed by atoms with Crippen molar-refractivity contribution >= 4 is 16.7 Å². The monoisotopic (exact) mass is 375 g/mol. The summed E-state index contributed by atoms with van der Waals surface area (Å²) in [6.45, 7) is 3.63. The highest BCUT2D eigenvalue weighted by molar-refractivity contribution is 5.97. The standard InChI is InChI=1S/C22H18FN3O2/c1-14-11-19(15(2)26(14)17-9-7-16(23)8-10-17)21(27)12-25-13-24-20-6-4-3-5-18(20)22(25)28/h3-11,13H,12H2,1-2H3. The van der Waals surface area contributed by atoms with Crippen molar-refractivity contribution in [3.63, 3.8) is 0 Å². The van der Waals surface area contributed by atoms with Gasteiger partial charge in [0.25, 0.3) is 5.56 Å². The Bertz CT molecular complexity index is 1250. The molecule has 4 rings (SSSR count). The summed E-state index contributed by atoms with van der Waals surface area (Å²) in [5.41, 5.74) is 3.27. The topological polar surface area (TPSA) is 56.9 Å². The molecule has 0 fully saturated rings. The highest BCUT2D eigenvalue weighted by atomic mass is 19.1. The van der Waals surface area contributed by atoms with Gasteiger partial charge in [0.2, 0.25) is 0 Å². The van der Waals surface area contributed by atoms with Crippen molar-refractivity contribution in [2.24, 2.45) is 0 Å². The molecule has 140 valence electrons. The predicted octanol–water partition coefficient (Wildman–Crippen LogP) is 3.83. The van der Waals surface area contributed by atoms with E-state index in [1.807, 2.05) is 24.5 Å². The summed E-state index contributed by atoms with van der Waals surface area (Å²) in [6.07, 6.45) is 1.40. The van der Waals surface area contributed by atoms with E-state index in [1.165, 1.54) is 23.0 Å². The Hall–Kier alpha value is -3.54. The van der Waals surface area contributed by atoms with E-state index in [4.69, 9.17) is 0 Å². The van der Waals surface area contributed by atoms with Crippen molar-refractivity contribution in [2.45, 2.75) is 20.4 Å². The molecule has 2 aromatic heterocycles. The number of nitrogens with zero attached hydrogens (tertiary/aromatic N) is 3. The van der Waals surface area contributed by atoms with E-state index < -0.39 is 0 Å². The fraction of sp³-hybridized carbons (Fsp3) is 0.136. The number of ketones is 1. The largest absolute Gasteiger partial charge is 0.318 e. The fourth-order valence-corrected chi connectivity index (χ4v) is 3.49. The van der Waals surface area contributed by atoms with Crippen molar-refractivity contribution in [2.75, 3.05) is 0 Å². The Morgan fingerprint density at radius 3 is 2.54 bits per heavy atom. The zero-order chi connectivity index (χ0) is 19.8. The third-order valence-corrected chi connectivity index (χ3v) is 4.86. The van der Waals surface area contributed by atoms with Gasteiger partial charge in [-0.25, -0.2) is 9.37 Å². The molecule has 4 aromatic rings. The van der Waals surface area contributed by atoms with Gasteiger partial charge in [0.05, 0.1) is 23.8 Å². The van der Waals surface area contributed by atoms with Crippen LogP contribution in [0.4, 0.5) is 4.39 Å². The first-order valence-corrected chi connectivity index (χ1v) is 8.88. The van der Waals surface area contributed by atoms with Crippen molar-refractivity contribution in [1.82, 2.24) is 14.1 Å². The first-order valence-electron chi connectivity index (χ1n) is 8.88. The molecule has 28 heavy (non-hydrogen) atoms. The molecule has 6 heteroatoms. The number of aromatic nitrogens is 3. The molecule has 0 saturated heterocycles. The SMILES string of the molecule is Cc1cc(C(=O)Cn2cnc3ccccc3c2=O)c(C)n1-c1ccc(F)cc1. The molecular weight excluding hydrogens is 357 g/mol. The average Bonchev–Trinajstić information content (AvgIpc) is 2.99. The third kappa shape index (κ3) is 3.03. The van der Waals surface area contributed by atoms with Gasteiger partial charge in [0, 0.05) is 22.6 Å². The molecule has 0 amide bonds. The van der Waals surface area contributed by atoms with Gasteiger partial charge in [-0.3, -0.25) is 14.2 Å². The van der Waals surface area contributed by atoms with Gasteiger partial charge in [-0.2, -0.15) is 0 Å². The van der Waals surface area contributed by atoms with E-state index in [9.17, 15) is 14.0 Å². The lowest BCUT2D eigenvalue weighted by atomic mass is 10.1. The zero-order valence-corrected chi connectivity index (χ0v) is 15.5. The molecule has 0 unspecified atom stereocenters. The van der Waals surface area contributed by atoms with E-state index in [1.54, 1.807) is 36.4 Å². The van der Waals surface area contributed by atoms with Crippen molar-refractivity contribution in [3.8, 4) is 5.69 Å². The van der Waals surface area contributed by atoms with Gasteiger partial charge in [-0.1, -0.05) is 12.1 Å². The molecular formula is C22H18FN3O2. The maximum atomic E-state index is 13.2. The van der Waals surface area contributed by atoms with Gasteiger partial charge < -0.3 is 4.57 Å². The number of benzene rings is 2. The summed E-state index contributed by atoms with van der Waals surface area (Å²) in [5.74, 6) is -0.494. The zero-order valence-electron chi connectivity index (χ0n) is 15.5. The Kier molecular flexibility index (Phi) is 4.39. The molecule has 0 saturated carbocycles. The van der Waals surface area contributed by atoms with Gasteiger partial charge in [0.1, 0.15) is 5.82 Å². The third-order valence-electron chi connectivity index (χ3n) is 4.86. The Labute approximate surface area is 160 Å². The molecule has 0 aliphatic rings. The number of Topliss-reactive ketones (excluding diaryl/α,β-unsaturated/α-hetero) is 1. The van der Waals surface area contributed by atoms with Crippen LogP contribution in [0.2, 0.25) is 0 Å². The second kappa shape index (κ2) is 6.88. The van der Waals surface area contributed by atoms with Crippen LogP contribution in [0.25, 0.3) is 16.6 Å². The Morgan fingerprint density at radius 2 is 1.79 bits per heavy atom. The number of aryl methyl sites for hydroxylation is 1. The molecule has 0 aliphatic heterocycles. The van der Waals surface area contributed by atoms with Crippen LogP contribution in [0.15, 0.2) is 65.7 Å². The number of halogens is 1. The number of carbonyl (C=O) groups excluding carboxylic acids is 1. The Morgan fingerprint density at radius 1 is 1.07 bits per heavy atom. The molecule has 0 atom stereocenters. The van der Waals surface area contributed by atoms with Crippen LogP contribution >= 0.6 is 0 Å². The molecule has 0 radical (unpaired) electrons. The molecule has 0 bridgehead atoms. The van der Waals surface area contributed by atoms with Crippen molar-refractivity contribution in [1.29, 1.82) is 0 Å². The number of hydrogen-bond donors (Lipinski definition) is 0. The lowest BCUT2D eigenvalue weighted by Crippen LogP contribution is -2.24. The van der Waals surface area contributed by atoms with E-state index in [0.29, 0.717) is 16.5 Å². The summed E-state index contributed by atoms with van der Waals surface area (Å²) in [6, 6.07) is 14.9. The molecule has 5 nitrogen and oxygen atoms in total. The number of rotatable bonds is 4. The maximum absolute atomic E-state index is 13.2. The number of carbonyl (C=O) groups is 1. The summed E-state index contributed by atoms with van der Waals surface area (Å²) in [4.78, 5) is 29.8. The average molecular weight is 375 g/mol. The van der Waals surface area contributed by atoms with E-state index in [2.05, 4.69) is 4.98 Å². The molecule has 0 aliphatic carbocycles. The minimum Gasteiger partial charge on any atom is -0.318 e. The summed E-state index contributed by atoms with van der Waals surface area (Å²) >= 11 is 0. The van der Waals surface area contributed by atoms with Crippen molar-refractivity contribution in [3.05, 3.63) is 94.0 Å². The molecule has 0 N–H and O–H groups in total. The Balaban J connectivity index is 1.70. The summed E-state index contributed by atoms with van der Waals surface area (Å²) < 4.78 is 16.5. The van der Waals surface area contributed by atoms with Crippen LogP contribution in [-0.2, 0) is 6.54 Å². The second-order valence-corrected chi connectivity index (χ2v) is 6.71. The molecule has 0 spiro atoms. The lowest BCUT2D eigenvalue weighted by molar-refractivity contribution is 0.0970. The number of fused-ring (bicyclic) bond motifs is 1. The summed E-state index contributed by atoms with van der Waals surface area (Å²) in [5, 5.41) is 0.481. The second-order valence-electron chi connectivity index (χ2n) is 6.71. The number of hydrogen-bond acceptors (Lipinski definition) is 3. The first kappa shape index (κ1) is 17.9. The molecule has 2 heterocycles. The van der Waals surface area contributed by atoms with Gasteiger partial charge in [0.15, 0.2) is 5.78 Å². The van der Waals surface area contributed by atoms with Crippen LogP contribution in [-0.4, -0.2) is 19.9 Å². The highest BCUT2D eigenvalue weighted by Gasteiger charge is 2.18. The van der Waals surface area contributed by atoms with Gasteiger partial charge in [-0.05, 0) is 56.3 Å². The quantitative estimate of drug-likeness (QED) is 0.510. The fourth-order valence-electron chi connectivity index (χ4n) is 3.49. The van der Waals surface area contributed by atoms with Crippen LogP contribution < -0.4 is 5.56 Å². The maximum Gasteiger partial charge on any atom is 0.261 e. The first-order chi connectivity index (χ1) is 13.5. The minimum absolute atomic E-state index is 0.0929. The van der Waals surface area contributed by atoms with Crippen LogP contribution in [0.5, 0.6) is 0 Å². The van der Waals surface area contributed by atoms with E-state index in [0.717, 1.165) is 17.1 Å². The highest BCUT2D eigenvalue weighted by Crippen LogP contribution is 2.22. The van der Waals surface area contributed by atoms with E-state index >= 15 is 0 Å². The number of para-hydroxylation sites is 1. The molecule has 2 aromatic carbocycles. The minimum atomic E-state index is -0.314. The van der Waals surface area contributed by atoms with Crippen LogP contribution in [0.1, 0.15) is 21.7 Å². The smallest absolute Gasteiger partial charge is 0.261 e. The lowest BCUT2D eigenvalue weighted by Gasteiger charge is -2.10. The normalized spacial score (nSPS) is 11.1. The van der Waals surface area contributed by atoms with E-state index in [-0.39, 0.29) is 23.7 Å². The van der Waals surface area contributed by atoms with Crippen LogP contribution in [0.3, 0.4) is 0 Å². The van der Waals surface area contributed by atoms with Gasteiger partial charge >= 0.3 is 0 Å². The van der Waals surface area contributed by atoms with Gasteiger partial charge in [-0.15, -0.1) is 0 Å². The van der Waals surface area contributed by atoms with Crippen molar-refractivity contribution < 1.29 is 9.18 Å². The summed E-state index contributed by atoms with van der Waals surface area (Å²) in [7, 11) is 0. The van der Waals surface area contributed by atoms with Crippen LogP contribution in [0, 0.1) is 19.7 Å². The predicted molar refractivity (Wildman–Crippen MR) is 106 cm³/mol.